The number of carboxylic acid groups (broad SMARTS) is 1. The lowest BCUT2D eigenvalue weighted by atomic mass is 10.0. The number of ether oxygens (including phenoxy) is 3. The monoisotopic (exact) mass is 606 g/mol. The molecule has 0 spiro atoms. The number of carboxylic acids is 1. The minimum atomic E-state index is -1.01. The molecule has 11 heteroatoms. The van der Waals surface area contributed by atoms with Gasteiger partial charge in [0.15, 0.2) is 11.5 Å². The van der Waals surface area contributed by atoms with Crippen LogP contribution in [0.1, 0.15) is 46.7 Å². The molecule has 1 unspecified atom stereocenters. The number of hydrogen-bond acceptors (Lipinski definition) is 7. The van der Waals surface area contributed by atoms with E-state index in [2.05, 4.69) is 20.5 Å². The molecule has 5 heterocycles. The fourth-order valence-electron chi connectivity index (χ4n) is 6.87. The number of para-hydroxylation sites is 1. The van der Waals surface area contributed by atoms with Gasteiger partial charge in [0, 0.05) is 38.4 Å². The molecule has 0 bridgehead atoms. The molecular formula is C31H28Cl2N4O5. The number of halogens is 2. The van der Waals surface area contributed by atoms with Gasteiger partial charge in [-0.3, -0.25) is 9.88 Å². The molecule has 2 saturated heterocycles. The van der Waals surface area contributed by atoms with E-state index in [-0.39, 0.29) is 11.7 Å². The Hall–Kier alpha value is -3.37. The topological polar surface area (TPSA) is 98.9 Å². The second kappa shape index (κ2) is 9.57. The van der Waals surface area contributed by atoms with E-state index in [1.807, 2.05) is 25.1 Å². The maximum absolute atomic E-state index is 11.7. The maximum atomic E-state index is 11.7. The van der Waals surface area contributed by atoms with Crippen molar-refractivity contribution in [2.24, 2.45) is 11.8 Å². The lowest BCUT2D eigenvalue weighted by molar-refractivity contribution is -0.0721. The van der Waals surface area contributed by atoms with Gasteiger partial charge in [-0.15, -0.1) is 0 Å². The number of fused-ring (bicyclic) bond motifs is 3. The summed E-state index contributed by atoms with van der Waals surface area (Å²) in [5.41, 5.74) is 3.38. The molecule has 9 nitrogen and oxygen atoms in total. The summed E-state index contributed by atoms with van der Waals surface area (Å²) < 4.78 is 20.5. The highest BCUT2D eigenvalue weighted by atomic mass is 35.5. The fraction of sp³-hybridized carbons (Fsp3) is 0.387. The zero-order valence-corrected chi connectivity index (χ0v) is 24.3. The summed E-state index contributed by atoms with van der Waals surface area (Å²) in [5.74, 6) is 1.81. The van der Waals surface area contributed by atoms with Gasteiger partial charge in [0.1, 0.15) is 17.0 Å². The van der Waals surface area contributed by atoms with Crippen LogP contribution in [0, 0.1) is 11.8 Å². The number of aromatic carboxylic acids is 1. The van der Waals surface area contributed by atoms with Crippen molar-refractivity contribution in [3.05, 3.63) is 81.4 Å². The van der Waals surface area contributed by atoms with Crippen LogP contribution in [0.4, 0.5) is 0 Å². The van der Waals surface area contributed by atoms with Crippen LogP contribution in [0.5, 0.6) is 11.5 Å². The molecule has 1 saturated carbocycles. The van der Waals surface area contributed by atoms with Crippen molar-refractivity contribution in [2.75, 3.05) is 19.7 Å². The first-order valence-electron chi connectivity index (χ1n) is 14.2. The molecule has 0 radical (unpaired) electrons. The van der Waals surface area contributed by atoms with Crippen molar-refractivity contribution in [2.45, 2.75) is 44.2 Å². The van der Waals surface area contributed by atoms with Crippen molar-refractivity contribution >= 4 is 40.2 Å². The van der Waals surface area contributed by atoms with Gasteiger partial charge < -0.3 is 23.9 Å². The highest BCUT2D eigenvalue weighted by molar-refractivity contribution is 6.35. The van der Waals surface area contributed by atoms with Gasteiger partial charge in [0.05, 0.1) is 40.3 Å². The van der Waals surface area contributed by atoms with E-state index in [1.54, 1.807) is 18.3 Å². The zero-order valence-electron chi connectivity index (χ0n) is 22.8. The van der Waals surface area contributed by atoms with Crippen molar-refractivity contribution in [1.82, 2.24) is 19.4 Å². The summed E-state index contributed by atoms with van der Waals surface area (Å²) in [6, 6.07) is 12.9. The minimum Gasteiger partial charge on any atom is -0.478 e. The van der Waals surface area contributed by atoms with Crippen molar-refractivity contribution in [3.63, 3.8) is 0 Å². The molecule has 8 rings (SSSR count). The third-order valence-electron chi connectivity index (χ3n) is 9.11. The molecule has 42 heavy (non-hydrogen) atoms. The highest BCUT2D eigenvalue weighted by Crippen LogP contribution is 2.62. The first-order valence-corrected chi connectivity index (χ1v) is 14.9. The quantitative estimate of drug-likeness (QED) is 0.285. The number of hydrogen-bond donors (Lipinski definition) is 1. The molecule has 2 aromatic carbocycles. The zero-order chi connectivity index (χ0) is 28.7. The second-order valence-electron chi connectivity index (χ2n) is 11.8. The van der Waals surface area contributed by atoms with E-state index in [9.17, 15) is 9.90 Å². The molecular weight excluding hydrogens is 579 g/mol. The second-order valence-corrected chi connectivity index (χ2v) is 12.6. The smallest absolute Gasteiger partial charge is 0.335 e. The SMILES string of the molecule is C[C@@]1(c2ccc(Cl)cn2)Oc2cccc(C3[C@H]4CN(Cc5nc6c(Cl)cc(C(=O)O)cc6n5C[C@@H]5CCO5)C[C@@H]34)c2O1. The Morgan fingerprint density at radius 3 is 2.64 bits per heavy atom. The molecule has 216 valence electrons. The Morgan fingerprint density at radius 1 is 1.14 bits per heavy atom. The number of nitrogens with zero attached hydrogens (tertiary/aromatic N) is 4. The number of rotatable bonds is 7. The van der Waals surface area contributed by atoms with Crippen LogP contribution >= 0.6 is 23.2 Å². The standard InChI is InChI=1S/C31H28Cl2N4O5/c1-31(25-6-5-17(32)11-34-25)41-24-4-2-3-19(29(24)42-31)27-20-13-36(14-21(20)27)15-26-35-28-22(33)9-16(30(38)39)10-23(28)37(26)12-18-7-8-40-18/h2-6,9-11,18,20-21,27H,7-8,12-15H2,1H3,(H,38,39)/t18-,20-,21+,27?,31+/m0/s1. The molecule has 4 aromatic rings. The number of imidazole rings is 1. The van der Waals surface area contributed by atoms with Gasteiger partial charge in [0.25, 0.3) is 5.79 Å². The Kier molecular flexibility index (Phi) is 5.99. The molecule has 3 fully saturated rings. The highest BCUT2D eigenvalue weighted by Gasteiger charge is 2.58. The molecule has 1 aliphatic carbocycles. The number of benzene rings is 2. The molecule has 4 aliphatic rings. The Bertz CT molecular complexity index is 1730. The molecule has 3 aliphatic heterocycles. The van der Waals surface area contributed by atoms with Crippen LogP contribution in [-0.4, -0.2) is 56.3 Å². The van der Waals surface area contributed by atoms with Gasteiger partial charge in [-0.25, -0.2) is 9.78 Å². The summed E-state index contributed by atoms with van der Waals surface area (Å²) in [4.78, 5) is 23.5. The number of piperidine rings is 1. The molecule has 1 N–H and O–H groups in total. The predicted molar refractivity (Wildman–Crippen MR) is 155 cm³/mol. The van der Waals surface area contributed by atoms with Crippen LogP contribution in [0.25, 0.3) is 11.0 Å². The normalized spacial score (nSPS) is 27.7. The van der Waals surface area contributed by atoms with Crippen LogP contribution in [0.15, 0.2) is 48.7 Å². The lowest BCUT2D eigenvalue weighted by Gasteiger charge is -2.28. The van der Waals surface area contributed by atoms with Crippen molar-refractivity contribution in [3.8, 4) is 11.5 Å². The largest absolute Gasteiger partial charge is 0.478 e. The van der Waals surface area contributed by atoms with Gasteiger partial charge in [-0.1, -0.05) is 35.3 Å². The Morgan fingerprint density at radius 2 is 1.95 bits per heavy atom. The van der Waals surface area contributed by atoms with E-state index in [4.69, 9.17) is 42.4 Å². The van der Waals surface area contributed by atoms with E-state index in [1.165, 1.54) is 11.6 Å². The average Bonchev–Trinajstić information content (AvgIpc) is 3.23. The number of pyridine rings is 1. The number of likely N-dealkylation sites (tertiary alicyclic amines) is 1. The minimum absolute atomic E-state index is 0.0981. The number of carbonyl (C=O) groups is 1. The Balaban J connectivity index is 1.01. The van der Waals surface area contributed by atoms with Gasteiger partial charge in [0.2, 0.25) is 0 Å². The van der Waals surface area contributed by atoms with E-state index >= 15 is 0 Å². The first-order chi connectivity index (χ1) is 20.3. The Labute approximate surface area is 251 Å². The third-order valence-corrected chi connectivity index (χ3v) is 9.62. The predicted octanol–water partition coefficient (Wildman–Crippen LogP) is 5.71. The maximum Gasteiger partial charge on any atom is 0.335 e. The summed E-state index contributed by atoms with van der Waals surface area (Å²) in [6.45, 7) is 5.79. The van der Waals surface area contributed by atoms with Crippen molar-refractivity contribution < 1.29 is 24.1 Å². The first kappa shape index (κ1) is 26.3. The average molecular weight is 607 g/mol. The van der Waals surface area contributed by atoms with Gasteiger partial charge in [-0.2, -0.15) is 0 Å². The van der Waals surface area contributed by atoms with Crippen LogP contribution in [0.3, 0.4) is 0 Å². The van der Waals surface area contributed by atoms with Crippen LogP contribution in [-0.2, 0) is 23.6 Å². The van der Waals surface area contributed by atoms with Crippen molar-refractivity contribution in [1.29, 1.82) is 0 Å². The van der Waals surface area contributed by atoms with E-state index in [0.717, 1.165) is 49.0 Å². The summed E-state index contributed by atoms with van der Waals surface area (Å²) >= 11 is 12.6. The van der Waals surface area contributed by atoms with E-state index < -0.39 is 11.8 Å². The molecule has 2 aromatic heterocycles. The van der Waals surface area contributed by atoms with Gasteiger partial charge >= 0.3 is 5.97 Å². The molecule has 0 amide bonds. The van der Waals surface area contributed by atoms with Crippen LogP contribution in [0.2, 0.25) is 10.0 Å². The third kappa shape index (κ3) is 4.25. The fourth-order valence-corrected chi connectivity index (χ4v) is 7.24. The van der Waals surface area contributed by atoms with E-state index in [0.29, 0.717) is 52.1 Å². The summed E-state index contributed by atoms with van der Waals surface area (Å²) in [7, 11) is 0. The summed E-state index contributed by atoms with van der Waals surface area (Å²) in [6.07, 6.45) is 2.67. The summed E-state index contributed by atoms with van der Waals surface area (Å²) in [5, 5.41) is 10.5. The number of aromatic nitrogens is 3. The molecule has 5 atom stereocenters. The lowest BCUT2D eigenvalue weighted by Crippen LogP contribution is -2.33. The van der Waals surface area contributed by atoms with Crippen LogP contribution < -0.4 is 9.47 Å². The van der Waals surface area contributed by atoms with Gasteiger partial charge in [-0.05, 0) is 54.5 Å².